The van der Waals surface area contributed by atoms with Crippen molar-refractivity contribution < 1.29 is 13.9 Å². The molecule has 1 saturated carbocycles. The number of nitrogens with zero attached hydrogens (tertiary/aromatic N) is 1. The van der Waals surface area contributed by atoms with Gasteiger partial charge in [-0.05, 0) is 43.0 Å². The van der Waals surface area contributed by atoms with Gasteiger partial charge in [0.1, 0.15) is 11.9 Å². The van der Waals surface area contributed by atoms with Gasteiger partial charge >= 0.3 is 0 Å². The molecule has 1 heterocycles. The Bertz CT molecular complexity index is 765. The maximum atomic E-state index is 13.2. The molecular formula is C21H22FNO2. The van der Waals surface area contributed by atoms with Crippen molar-refractivity contribution in [1.29, 1.82) is 0 Å². The summed E-state index contributed by atoms with van der Waals surface area (Å²) in [6, 6.07) is 14.7. The van der Waals surface area contributed by atoms with Crippen LogP contribution >= 0.6 is 0 Å². The van der Waals surface area contributed by atoms with Gasteiger partial charge in [-0.25, -0.2) is 4.39 Å². The van der Waals surface area contributed by atoms with Gasteiger partial charge in [0.05, 0.1) is 18.6 Å². The first-order chi connectivity index (χ1) is 12.1. The Balaban J connectivity index is 1.52. The predicted octanol–water partition coefficient (Wildman–Crippen LogP) is 3.77. The SMILES string of the molecule is Cc1ccc(C2CN(C(=O)C3(c4ccc(F)cc4)CC3)CCO2)cc1. The zero-order valence-corrected chi connectivity index (χ0v) is 14.4. The molecule has 1 saturated heterocycles. The maximum absolute atomic E-state index is 13.2. The van der Waals surface area contributed by atoms with E-state index in [2.05, 4.69) is 31.2 Å². The normalized spacial score (nSPS) is 21.8. The van der Waals surface area contributed by atoms with Crippen LogP contribution in [-0.4, -0.2) is 30.5 Å². The molecule has 1 aliphatic carbocycles. The zero-order chi connectivity index (χ0) is 17.4. The third kappa shape index (κ3) is 3.07. The molecule has 0 radical (unpaired) electrons. The molecule has 0 N–H and O–H groups in total. The van der Waals surface area contributed by atoms with Crippen LogP contribution in [0.4, 0.5) is 4.39 Å². The largest absolute Gasteiger partial charge is 0.370 e. The molecule has 1 atom stereocenters. The Hall–Kier alpha value is -2.20. The summed E-state index contributed by atoms with van der Waals surface area (Å²) in [5, 5.41) is 0. The number of aryl methyl sites for hydroxylation is 1. The van der Waals surface area contributed by atoms with Crippen LogP contribution in [0.3, 0.4) is 0 Å². The van der Waals surface area contributed by atoms with Gasteiger partial charge in [0.2, 0.25) is 5.91 Å². The topological polar surface area (TPSA) is 29.5 Å². The molecule has 130 valence electrons. The number of ether oxygens (including phenoxy) is 1. The molecule has 2 aromatic carbocycles. The molecule has 0 spiro atoms. The first kappa shape index (κ1) is 16.3. The lowest BCUT2D eigenvalue weighted by Gasteiger charge is -2.35. The average molecular weight is 339 g/mol. The molecule has 1 aliphatic heterocycles. The van der Waals surface area contributed by atoms with Gasteiger partial charge in [-0.15, -0.1) is 0 Å². The number of hydrogen-bond acceptors (Lipinski definition) is 2. The smallest absolute Gasteiger partial charge is 0.233 e. The molecule has 0 bridgehead atoms. The molecular weight excluding hydrogens is 317 g/mol. The van der Waals surface area contributed by atoms with E-state index in [1.165, 1.54) is 17.7 Å². The summed E-state index contributed by atoms with van der Waals surface area (Å²) >= 11 is 0. The zero-order valence-electron chi connectivity index (χ0n) is 14.4. The van der Waals surface area contributed by atoms with E-state index < -0.39 is 5.41 Å². The minimum atomic E-state index is -0.455. The molecule has 2 aromatic rings. The Kier molecular flexibility index (Phi) is 4.08. The van der Waals surface area contributed by atoms with Crippen molar-refractivity contribution in [3.05, 3.63) is 71.0 Å². The molecule has 2 fully saturated rings. The van der Waals surface area contributed by atoms with E-state index in [0.29, 0.717) is 19.7 Å². The summed E-state index contributed by atoms with van der Waals surface area (Å²) in [6.07, 6.45) is 1.59. The number of morpholine rings is 1. The number of halogens is 1. The second-order valence-electron chi connectivity index (χ2n) is 7.11. The van der Waals surface area contributed by atoms with Crippen LogP contribution in [0.2, 0.25) is 0 Å². The first-order valence-corrected chi connectivity index (χ1v) is 8.82. The number of hydrogen-bond donors (Lipinski definition) is 0. The van der Waals surface area contributed by atoms with E-state index in [0.717, 1.165) is 24.0 Å². The molecule has 4 heteroatoms. The minimum absolute atomic E-state index is 0.0812. The summed E-state index contributed by atoms with van der Waals surface area (Å²) in [6.45, 7) is 3.79. The van der Waals surface area contributed by atoms with E-state index in [1.54, 1.807) is 12.1 Å². The third-order valence-corrected chi connectivity index (χ3v) is 5.36. The monoisotopic (exact) mass is 339 g/mol. The Morgan fingerprint density at radius 2 is 1.80 bits per heavy atom. The van der Waals surface area contributed by atoms with Crippen molar-refractivity contribution in [2.24, 2.45) is 0 Å². The summed E-state index contributed by atoms with van der Waals surface area (Å²) in [5.41, 5.74) is 2.79. The number of carbonyl (C=O) groups is 1. The van der Waals surface area contributed by atoms with Crippen LogP contribution in [0.5, 0.6) is 0 Å². The number of benzene rings is 2. The van der Waals surface area contributed by atoms with Crippen molar-refractivity contribution in [2.45, 2.75) is 31.3 Å². The van der Waals surface area contributed by atoms with E-state index in [1.807, 2.05) is 4.90 Å². The number of amides is 1. The Morgan fingerprint density at radius 1 is 1.12 bits per heavy atom. The fourth-order valence-corrected chi connectivity index (χ4v) is 3.64. The highest BCUT2D eigenvalue weighted by Crippen LogP contribution is 2.50. The quantitative estimate of drug-likeness (QED) is 0.852. The van der Waals surface area contributed by atoms with Gasteiger partial charge in [-0.2, -0.15) is 0 Å². The van der Waals surface area contributed by atoms with E-state index in [4.69, 9.17) is 4.74 Å². The highest BCUT2D eigenvalue weighted by molar-refractivity contribution is 5.91. The van der Waals surface area contributed by atoms with Crippen molar-refractivity contribution in [3.63, 3.8) is 0 Å². The second kappa shape index (κ2) is 6.26. The van der Waals surface area contributed by atoms with Gasteiger partial charge in [0.15, 0.2) is 0 Å². The van der Waals surface area contributed by atoms with Crippen molar-refractivity contribution in [2.75, 3.05) is 19.7 Å². The van der Waals surface area contributed by atoms with Crippen LogP contribution in [0.1, 0.15) is 35.6 Å². The predicted molar refractivity (Wildman–Crippen MR) is 93.8 cm³/mol. The molecule has 2 aliphatic rings. The van der Waals surface area contributed by atoms with Gasteiger partial charge in [-0.3, -0.25) is 4.79 Å². The fourth-order valence-electron chi connectivity index (χ4n) is 3.64. The second-order valence-corrected chi connectivity index (χ2v) is 7.11. The van der Waals surface area contributed by atoms with Crippen LogP contribution in [0.15, 0.2) is 48.5 Å². The lowest BCUT2D eigenvalue weighted by Crippen LogP contribution is -2.46. The molecule has 25 heavy (non-hydrogen) atoms. The number of carbonyl (C=O) groups excluding carboxylic acids is 1. The summed E-state index contributed by atoms with van der Waals surface area (Å²) in [7, 11) is 0. The van der Waals surface area contributed by atoms with Crippen LogP contribution in [0.25, 0.3) is 0 Å². The van der Waals surface area contributed by atoms with Gasteiger partial charge in [0, 0.05) is 6.54 Å². The Morgan fingerprint density at radius 3 is 2.44 bits per heavy atom. The van der Waals surface area contributed by atoms with Gasteiger partial charge in [0.25, 0.3) is 0 Å². The molecule has 1 unspecified atom stereocenters. The van der Waals surface area contributed by atoms with E-state index >= 15 is 0 Å². The molecule has 4 rings (SSSR count). The molecule has 0 aromatic heterocycles. The van der Waals surface area contributed by atoms with Gasteiger partial charge < -0.3 is 9.64 Å². The van der Waals surface area contributed by atoms with Crippen molar-refractivity contribution >= 4 is 5.91 Å². The van der Waals surface area contributed by atoms with Crippen LogP contribution in [-0.2, 0) is 14.9 Å². The molecule has 3 nitrogen and oxygen atoms in total. The summed E-state index contributed by atoms with van der Waals surface area (Å²) in [5.74, 6) is -0.114. The van der Waals surface area contributed by atoms with Crippen LogP contribution in [0, 0.1) is 12.7 Å². The third-order valence-electron chi connectivity index (χ3n) is 5.36. The Labute approximate surface area is 147 Å². The maximum Gasteiger partial charge on any atom is 0.233 e. The summed E-state index contributed by atoms with van der Waals surface area (Å²) < 4.78 is 19.1. The van der Waals surface area contributed by atoms with Crippen LogP contribution < -0.4 is 0 Å². The first-order valence-electron chi connectivity index (χ1n) is 8.82. The van der Waals surface area contributed by atoms with E-state index in [-0.39, 0.29) is 17.8 Å². The fraction of sp³-hybridized carbons (Fsp3) is 0.381. The standard InChI is InChI=1S/C21H22FNO2/c1-15-2-4-16(5-3-15)19-14-23(12-13-25-19)20(24)21(10-11-21)17-6-8-18(22)9-7-17/h2-9,19H,10-14H2,1H3. The van der Waals surface area contributed by atoms with E-state index in [9.17, 15) is 9.18 Å². The minimum Gasteiger partial charge on any atom is -0.370 e. The lowest BCUT2D eigenvalue weighted by atomic mass is 9.93. The lowest BCUT2D eigenvalue weighted by molar-refractivity contribution is -0.141. The van der Waals surface area contributed by atoms with Crippen molar-refractivity contribution in [1.82, 2.24) is 4.90 Å². The summed E-state index contributed by atoms with van der Waals surface area (Å²) in [4.78, 5) is 15.1. The van der Waals surface area contributed by atoms with Crippen molar-refractivity contribution in [3.8, 4) is 0 Å². The highest BCUT2D eigenvalue weighted by Gasteiger charge is 2.53. The average Bonchev–Trinajstić information content (AvgIpc) is 3.44. The molecule has 1 amide bonds. The number of rotatable bonds is 3. The highest BCUT2D eigenvalue weighted by atomic mass is 19.1. The van der Waals surface area contributed by atoms with Gasteiger partial charge in [-0.1, -0.05) is 42.0 Å².